The molecule has 0 amide bonds. The van der Waals surface area contributed by atoms with Gasteiger partial charge < -0.3 is 4.57 Å². The number of fused-ring (bicyclic) bond motifs is 1. The summed E-state index contributed by atoms with van der Waals surface area (Å²) >= 11 is 1.76. The van der Waals surface area contributed by atoms with Crippen molar-refractivity contribution < 1.29 is 0 Å². The molecule has 2 aromatic heterocycles. The maximum Gasteiger partial charge on any atom is 0.0953 e. The van der Waals surface area contributed by atoms with Gasteiger partial charge in [-0.05, 0) is 52.8 Å². The van der Waals surface area contributed by atoms with Gasteiger partial charge in [-0.2, -0.15) is 11.3 Å². The monoisotopic (exact) mass is 280 g/mol. The molecule has 20 heavy (non-hydrogen) atoms. The smallest absolute Gasteiger partial charge is 0.0953 e. The fourth-order valence-electron chi connectivity index (χ4n) is 3.20. The molecule has 2 nitrogen and oxygen atoms in total. The van der Waals surface area contributed by atoms with Crippen LogP contribution >= 0.6 is 11.3 Å². The number of imidazole rings is 1. The molecule has 0 spiro atoms. The molecular weight excluding hydrogens is 264 g/mol. The van der Waals surface area contributed by atoms with E-state index in [1.807, 2.05) is 12.5 Å². The molecule has 3 heterocycles. The molecule has 4 rings (SSSR count). The van der Waals surface area contributed by atoms with E-state index in [1.165, 1.54) is 35.2 Å². The van der Waals surface area contributed by atoms with Crippen LogP contribution < -0.4 is 0 Å². The van der Waals surface area contributed by atoms with E-state index in [1.54, 1.807) is 11.3 Å². The van der Waals surface area contributed by atoms with Gasteiger partial charge in [0, 0.05) is 11.9 Å². The zero-order valence-corrected chi connectivity index (χ0v) is 12.0. The number of aromatic nitrogens is 2. The maximum absolute atomic E-state index is 4.34. The highest BCUT2D eigenvalue weighted by molar-refractivity contribution is 7.08. The first-order valence-corrected chi connectivity index (χ1v) is 8.00. The van der Waals surface area contributed by atoms with Crippen molar-refractivity contribution >= 4 is 11.3 Å². The molecule has 0 aliphatic carbocycles. The summed E-state index contributed by atoms with van der Waals surface area (Å²) in [5, 5.41) is 4.38. The quantitative estimate of drug-likeness (QED) is 0.674. The Bertz CT molecular complexity index is 712. The number of hydrogen-bond acceptors (Lipinski definition) is 2. The van der Waals surface area contributed by atoms with Crippen molar-refractivity contribution in [3.05, 3.63) is 64.9 Å². The van der Waals surface area contributed by atoms with Crippen molar-refractivity contribution in [3.8, 4) is 11.1 Å². The third-order valence-corrected chi connectivity index (χ3v) is 4.83. The molecule has 1 atom stereocenters. The number of benzene rings is 1. The average Bonchev–Trinajstić information content (AvgIpc) is 3.18. The number of rotatable bonds is 2. The van der Waals surface area contributed by atoms with E-state index in [0.29, 0.717) is 6.04 Å². The first kappa shape index (κ1) is 11.9. The van der Waals surface area contributed by atoms with Crippen molar-refractivity contribution in [2.24, 2.45) is 0 Å². The minimum absolute atomic E-state index is 0.428. The molecule has 0 N–H and O–H groups in total. The Morgan fingerprint density at radius 2 is 2.15 bits per heavy atom. The van der Waals surface area contributed by atoms with Crippen molar-refractivity contribution in [2.45, 2.75) is 25.3 Å². The molecule has 100 valence electrons. The van der Waals surface area contributed by atoms with Crippen LogP contribution in [-0.2, 0) is 6.42 Å². The summed E-state index contributed by atoms with van der Waals surface area (Å²) in [4.78, 5) is 4.34. The Labute approximate surface area is 122 Å². The zero-order chi connectivity index (χ0) is 13.4. The van der Waals surface area contributed by atoms with E-state index in [4.69, 9.17) is 0 Å². The molecule has 0 bridgehead atoms. The third kappa shape index (κ3) is 1.90. The summed E-state index contributed by atoms with van der Waals surface area (Å²) in [5.41, 5.74) is 5.48. The molecule has 0 saturated heterocycles. The van der Waals surface area contributed by atoms with Gasteiger partial charge in [0.1, 0.15) is 0 Å². The maximum atomic E-state index is 4.34. The van der Waals surface area contributed by atoms with Gasteiger partial charge in [-0.3, -0.25) is 0 Å². The Balaban J connectivity index is 1.85. The zero-order valence-electron chi connectivity index (χ0n) is 11.2. The predicted molar refractivity (Wildman–Crippen MR) is 83.1 cm³/mol. The minimum atomic E-state index is 0.428. The van der Waals surface area contributed by atoms with Crippen LogP contribution in [0.1, 0.15) is 30.1 Å². The van der Waals surface area contributed by atoms with Crippen molar-refractivity contribution in [3.63, 3.8) is 0 Å². The number of hydrogen-bond donors (Lipinski definition) is 0. The second kappa shape index (κ2) is 4.91. The molecule has 1 aliphatic heterocycles. The fourth-order valence-corrected chi connectivity index (χ4v) is 3.85. The van der Waals surface area contributed by atoms with Crippen LogP contribution in [0.4, 0.5) is 0 Å². The second-order valence-corrected chi connectivity index (χ2v) is 6.08. The van der Waals surface area contributed by atoms with Crippen LogP contribution in [0.3, 0.4) is 0 Å². The fraction of sp³-hybridized carbons (Fsp3) is 0.235. The standard InChI is InChI=1S/C17H16N2S/c1-2-6-16(15(5-1)13-8-9-20-11-13)17-7-3-4-14-10-18-12-19(14)17/h1-2,5-6,8-12,17H,3-4,7H2. The highest BCUT2D eigenvalue weighted by Crippen LogP contribution is 2.36. The van der Waals surface area contributed by atoms with Crippen LogP contribution in [0.25, 0.3) is 11.1 Å². The van der Waals surface area contributed by atoms with Gasteiger partial charge >= 0.3 is 0 Å². The first-order valence-electron chi connectivity index (χ1n) is 7.05. The topological polar surface area (TPSA) is 17.8 Å². The van der Waals surface area contributed by atoms with Crippen LogP contribution in [0.2, 0.25) is 0 Å². The van der Waals surface area contributed by atoms with E-state index < -0.39 is 0 Å². The molecule has 0 fully saturated rings. The highest BCUT2D eigenvalue weighted by atomic mass is 32.1. The third-order valence-electron chi connectivity index (χ3n) is 4.14. The van der Waals surface area contributed by atoms with Gasteiger partial charge in [0.25, 0.3) is 0 Å². The number of nitrogens with zero attached hydrogens (tertiary/aromatic N) is 2. The molecule has 0 saturated carbocycles. The van der Waals surface area contributed by atoms with Crippen LogP contribution in [0, 0.1) is 0 Å². The van der Waals surface area contributed by atoms with Gasteiger partial charge in [0.15, 0.2) is 0 Å². The van der Waals surface area contributed by atoms with Gasteiger partial charge in [-0.1, -0.05) is 24.3 Å². The van der Waals surface area contributed by atoms with E-state index in [0.717, 1.165) is 6.42 Å². The van der Waals surface area contributed by atoms with Crippen LogP contribution in [0.5, 0.6) is 0 Å². The SMILES string of the molecule is c1ccc(C2CCCc3cncn32)c(-c2ccsc2)c1. The van der Waals surface area contributed by atoms with E-state index in [-0.39, 0.29) is 0 Å². The van der Waals surface area contributed by atoms with Crippen LogP contribution in [-0.4, -0.2) is 9.55 Å². The van der Waals surface area contributed by atoms with Gasteiger partial charge in [-0.15, -0.1) is 0 Å². The lowest BCUT2D eigenvalue weighted by molar-refractivity contribution is 0.458. The van der Waals surface area contributed by atoms with Crippen molar-refractivity contribution in [2.75, 3.05) is 0 Å². The lowest BCUT2D eigenvalue weighted by Gasteiger charge is -2.27. The normalized spacial score (nSPS) is 17.9. The summed E-state index contributed by atoms with van der Waals surface area (Å²) in [6, 6.07) is 11.4. The van der Waals surface area contributed by atoms with E-state index >= 15 is 0 Å². The Kier molecular flexibility index (Phi) is 2.92. The lowest BCUT2D eigenvalue weighted by Crippen LogP contribution is -2.18. The molecule has 3 heteroatoms. The molecular formula is C17H16N2S. The summed E-state index contributed by atoms with van der Waals surface area (Å²) in [6.45, 7) is 0. The number of thiophene rings is 1. The van der Waals surface area contributed by atoms with Crippen molar-refractivity contribution in [1.82, 2.24) is 9.55 Å². The van der Waals surface area contributed by atoms with Crippen LogP contribution in [0.15, 0.2) is 53.6 Å². The van der Waals surface area contributed by atoms with E-state index in [9.17, 15) is 0 Å². The Morgan fingerprint density at radius 1 is 1.20 bits per heavy atom. The lowest BCUT2D eigenvalue weighted by atomic mass is 9.91. The predicted octanol–water partition coefficient (Wildman–Crippen LogP) is 4.54. The van der Waals surface area contributed by atoms with Gasteiger partial charge in [-0.25, -0.2) is 4.98 Å². The largest absolute Gasteiger partial charge is 0.327 e. The van der Waals surface area contributed by atoms with Gasteiger partial charge in [0.2, 0.25) is 0 Å². The summed E-state index contributed by atoms with van der Waals surface area (Å²) in [6.07, 6.45) is 7.60. The Hall–Kier alpha value is -1.87. The Morgan fingerprint density at radius 3 is 3.05 bits per heavy atom. The molecule has 1 unspecified atom stereocenters. The molecule has 1 aromatic carbocycles. The minimum Gasteiger partial charge on any atom is -0.327 e. The summed E-state index contributed by atoms with van der Waals surface area (Å²) in [7, 11) is 0. The number of aryl methyl sites for hydroxylation is 1. The molecule has 0 radical (unpaired) electrons. The highest BCUT2D eigenvalue weighted by Gasteiger charge is 2.23. The molecule has 1 aliphatic rings. The second-order valence-electron chi connectivity index (χ2n) is 5.30. The van der Waals surface area contributed by atoms with Crippen molar-refractivity contribution in [1.29, 1.82) is 0 Å². The molecule has 3 aromatic rings. The summed E-state index contributed by atoms with van der Waals surface area (Å²) in [5.74, 6) is 0. The first-order chi connectivity index (χ1) is 9.93. The average molecular weight is 280 g/mol. The van der Waals surface area contributed by atoms with Gasteiger partial charge in [0.05, 0.1) is 12.4 Å². The summed E-state index contributed by atoms with van der Waals surface area (Å²) < 4.78 is 2.36. The van der Waals surface area contributed by atoms with E-state index in [2.05, 4.69) is 50.6 Å².